The summed E-state index contributed by atoms with van der Waals surface area (Å²) in [5, 5.41) is 3.44. The van der Waals surface area contributed by atoms with Crippen LogP contribution in [0.3, 0.4) is 0 Å². The van der Waals surface area contributed by atoms with Crippen LogP contribution >= 0.6 is 0 Å². The van der Waals surface area contributed by atoms with Crippen molar-refractivity contribution in [3.05, 3.63) is 35.9 Å². The molecular weight excluding hydrogens is 232 g/mol. The molecule has 1 aliphatic rings. The molecule has 1 fully saturated rings. The van der Waals surface area contributed by atoms with E-state index in [1.807, 2.05) is 0 Å². The van der Waals surface area contributed by atoms with E-state index in [9.17, 15) is 0 Å². The van der Waals surface area contributed by atoms with Gasteiger partial charge < -0.3 is 10.2 Å². The van der Waals surface area contributed by atoms with E-state index in [-0.39, 0.29) is 0 Å². The van der Waals surface area contributed by atoms with Crippen LogP contribution in [0, 0.1) is 5.92 Å². The number of aryl methyl sites for hydroxylation is 1. The number of nitrogens with one attached hydrogen (secondary N) is 1. The smallest absolute Gasteiger partial charge is 0.00186 e. The maximum Gasteiger partial charge on any atom is -0.00186 e. The highest BCUT2D eigenvalue weighted by atomic mass is 15.1. The highest BCUT2D eigenvalue weighted by Gasteiger charge is 2.13. The highest BCUT2D eigenvalue weighted by molar-refractivity contribution is 5.14. The fourth-order valence-corrected chi connectivity index (χ4v) is 2.88. The Hall–Kier alpha value is -0.860. The zero-order valence-electron chi connectivity index (χ0n) is 12.3. The lowest BCUT2D eigenvalue weighted by Gasteiger charge is -2.25. The van der Waals surface area contributed by atoms with E-state index in [0.29, 0.717) is 0 Å². The fourth-order valence-electron chi connectivity index (χ4n) is 2.88. The number of piperidine rings is 1. The minimum Gasteiger partial charge on any atom is -0.317 e. The molecule has 2 nitrogen and oxygen atoms in total. The molecule has 0 aliphatic carbocycles. The normalized spacial score (nSPS) is 16.9. The van der Waals surface area contributed by atoms with Gasteiger partial charge >= 0.3 is 0 Å². The molecule has 0 spiro atoms. The molecule has 0 saturated carbocycles. The van der Waals surface area contributed by atoms with Crippen molar-refractivity contribution in [3.63, 3.8) is 0 Å². The quantitative estimate of drug-likeness (QED) is 0.811. The van der Waals surface area contributed by atoms with Crippen LogP contribution in [0.1, 0.15) is 31.2 Å². The molecule has 1 aromatic rings. The lowest BCUT2D eigenvalue weighted by molar-refractivity contribution is 0.269. The Balaban J connectivity index is 1.55. The molecule has 0 atom stereocenters. The summed E-state index contributed by atoms with van der Waals surface area (Å²) >= 11 is 0. The summed E-state index contributed by atoms with van der Waals surface area (Å²) in [5.74, 6) is 0.956. The van der Waals surface area contributed by atoms with Gasteiger partial charge in [-0.3, -0.25) is 0 Å². The topological polar surface area (TPSA) is 15.3 Å². The van der Waals surface area contributed by atoms with Crippen LogP contribution in [0.15, 0.2) is 30.3 Å². The van der Waals surface area contributed by atoms with Crippen molar-refractivity contribution in [2.45, 2.75) is 32.1 Å². The summed E-state index contributed by atoms with van der Waals surface area (Å²) in [7, 11) is 2.27. The average Bonchev–Trinajstić information content (AvgIpc) is 2.47. The first-order valence-electron chi connectivity index (χ1n) is 7.78. The lowest BCUT2D eigenvalue weighted by atomic mass is 9.94. The van der Waals surface area contributed by atoms with Gasteiger partial charge in [-0.15, -0.1) is 0 Å². The molecule has 2 heteroatoms. The summed E-state index contributed by atoms with van der Waals surface area (Å²) in [5.41, 5.74) is 1.47. The Morgan fingerprint density at radius 1 is 1.11 bits per heavy atom. The second kappa shape index (κ2) is 8.34. The number of benzene rings is 1. The van der Waals surface area contributed by atoms with E-state index < -0.39 is 0 Å². The molecule has 1 saturated heterocycles. The monoisotopic (exact) mass is 260 g/mol. The minimum atomic E-state index is 0.956. The van der Waals surface area contributed by atoms with Crippen LogP contribution in [-0.2, 0) is 6.42 Å². The van der Waals surface area contributed by atoms with Gasteiger partial charge in [0.25, 0.3) is 0 Å². The van der Waals surface area contributed by atoms with Crippen LogP contribution in [-0.4, -0.2) is 38.1 Å². The summed E-state index contributed by atoms with van der Waals surface area (Å²) in [6.45, 7) is 4.93. The van der Waals surface area contributed by atoms with Gasteiger partial charge in [-0.05, 0) is 76.8 Å². The van der Waals surface area contributed by atoms with Crippen molar-refractivity contribution in [1.29, 1.82) is 0 Å². The van der Waals surface area contributed by atoms with E-state index in [0.717, 1.165) is 5.92 Å². The molecule has 0 unspecified atom stereocenters. The van der Waals surface area contributed by atoms with Crippen LogP contribution in [0.4, 0.5) is 0 Å². The minimum absolute atomic E-state index is 0.956. The van der Waals surface area contributed by atoms with Crippen LogP contribution < -0.4 is 5.32 Å². The number of nitrogens with zero attached hydrogens (tertiary/aromatic N) is 1. The Kier molecular flexibility index (Phi) is 6.38. The van der Waals surface area contributed by atoms with Crippen LogP contribution in [0.5, 0.6) is 0 Å². The first kappa shape index (κ1) is 14.5. The van der Waals surface area contributed by atoms with E-state index in [1.54, 1.807) is 0 Å². The van der Waals surface area contributed by atoms with Crippen molar-refractivity contribution in [3.8, 4) is 0 Å². The van der Waals surface area contributed by atoms with Crippen molar-refractivity contribution in [2.75, 3.05) is 33.2 Å². The Labute approximate surface area is 118 Å². The van der Waals surface area contributed by atoms with E-state index in [2.05, 4.69) is 47.6 Å². The molecule has 19 heavy (non-hydrogen) atoms. The van der Waals surface area contributed by atoms with Gasteiger partial charge in [-0.1, -0.05) is 30.3 Å². The van der Waals surface area contributed by atoms with Crippen LogP contribution in [0.2, 0.25) is 0 Å². The van der Waals surface area contributed by atoms with E-state index in [1.165, 1.54) is 63.8 Å². The van der Waals surface area contributed by atoms with Gasteiger partial charge in [0.05, 0.1) is 0 Å². The largest absolute Gasteiger partial charge is 0.317 e. The molecular formula is C17H28N2. The summed E-state index contributed by atoms with van der Waals surface area (Å²) in [6.07, 6.45) is 6.60. The molecule has 0 bridgehead atoms. The van der Waals surface area contributed by atoms with Crippen molar-refractivity contribution in [2.24, 2.45) is 5.92 Å². The maximum atomic E-state index is 3.44. The number of hydrogen-bond donors (Lipinski definition) is 1. The standard InChI is InChI=1S/C17H28N2/c1-19(15-11-17-9-12-18-13-10-17)14-5-8-16-6-3-2-4-7-16/h2-4,6-7,17-18H,5,8-15H2,1H3. The van der Waals surface area contributed by atoms with Gasteiger partial charge in [0.15, 0.2) is 0 Å². The highest BCUT2D eigenvalue weighted by Crippen LogP contribution is 2.16. The summed E-state index contributed by atoms with van der Waals surface area (Å²) in [6, 6.07) is 10.8. The summed E-state index contributed by atoms with van der Waals surface area (Å²) < 4.78 is 0. The number of rotatable bonds is 7. The van der Waals surface area contributed by atoms with Crippen molar-refractivity contribution < 1.29 is 0 Å². The third-order valence-corrected chi connectivity index (χ3v) is 4.23. The molecule has 1 heterocycles. The fraction of sp³-hybridized carbons (Fsp3) is 0.647. The second-order valence-corrected chi connectivity index (χ2v) is 5.87. The first-order chi connectivity index (χ1) is 9.34. The summed E-state index contributed by atoms with van der Waals surface area (Å²) in [4.78, 5) is 2.50. The molecule has 0 aromatic heterocycles. The van der Waals surface area contributed by atoms with Gasteiger partial charge in [0, 0.05) is 0 Å². The predicted molar refractivity (Wildman–Crippen MR) is 82.5 cm³/mol. The molecule has 1 aromatic carbocycles. The molecule has 1 aliphatic heterocycles. The molecule has 106 valence electrons. The van der Waals surface area contributed by atoms with Gasteiger partial charge in [-0.2, -0.15) is 0 Å². The molecule has 0 amide bonds. The average molecular weight is 260 g/mol. The van der Waals surface area contributed by atoms with Gasteiger partial charge in [-0.25, -0.2) is 0 Å². The van der Waals surface area contributed by atoms with E-state index >= 15 is 0 Å². The zero-order chi connectivity index (χ0) is 13.3. The Bertz CT molecular complexity index is 330. The second-order valence-electron chi connectivity index (χ2n) is 5.87. The van der Waals surface area contributed by atoms with Crippen LogP contribution in [0.25, 0.3) is 0 Å². The maximum absolute atomic E-state index is 3.44. The first-order valence-corrected chi connectivity index (χ1v) is 7.78. The molecule has 1 N–H and O–H groups in total. The molecule has 2 rings (SSSR count). The Morgan fingerprint density at radius 2 is 1.84 bits per heavy atom. The molecule has 0 radical (unpaired) electrons. The SMILES string of the molecule is CN(CCCc1ccccc1)CCC1CCNCC1. The third-order valence-electron chi connectivity index (χ3n) is 4.23. The van der Waals surface area contributed by atoms with Crippen molar-refractivity contribution in [1.82, 2.24) is 10.2 Å². The van der Waals surface area contributed by atoms with Gasteiger partial charge in [0.1, 0.15) is 0 Å². The lowest BCUT2D eigenvalue weighted by Crippen LogP contribution is -2.30. The predicted octanol–water partition coefficient (Wildman–Crippen LogP) is 2.94. The number of hydrogen-bond acceptors (Lipinski definition) is 2. The van der Waals surface area contributed by atoms with Gasteiger partial charge in [0.2, 0.25) is 0 Å². The third kappa shape index (κ3) is 5.75. The zero-order valence-corrected chi connectivity index (χ0v) is 12.3. The van der Waals surface area contributed by atoms with E-state index in [4.69, 9.17) is 0 Å². The Morgan fingerprint density at radius 3 is 2.58 bits per heavy atom. The van der Waals surface area contributed by atoms with Crippen molar-refractivity contribution >= 4 is 0 Å².